The van der Waals surface area contributed by atoms with Crippen molar-refractivity contribution in [3.63, 3.8) is 0 Å². The molecule has 1 saturated heterocycles. The molecule has 2 unspecified atom stereocenters. The lowest BCUT2D eigenvalue weighted by atomic mass is 10.2. The second-order valence-electron chi connectivity index (χ2n) is 5.42. The first-order chi connectivity index (χ1) is 11.6. The molecule has 2 aliphatic heterocycles. The van der Waals surface area contributed by atoms with Crippen LogP contribution in [0.5, 0.6) is 0 Å². The van der Waals surface area contributed by atoms with Crippen LogP contribution in [0.3, 0.4) is 0 Å². The number of ether oxygens (including phenoxy) is 5. The number of carbonyl (C=O) groups is 3. The average molecular weight is 392 g/mol. The van der Waals surface area contributed by atoms with Gasteiger partial charge in [0.05, 0.1) is 12.0 Å². The Bertz CT molecular complexity index is 647. The van der Waals surface area contributed by atoms with Crippen molar-refractivity contribution in [1.82, 2.24) is 0 Å². The first-order valence-electron chi connectivity index (χ1n) is 7.27. The number of ketones is 2. The molecule has 25 heavy (non-hydrogen) atoms. The third kappa shape index (κ3) is 2.89. The van der Waals surface area contributed by atoms with Crippen molar-refractivity contribution in [3.8, 4) is 0 Å². The highest BCUT2D eigenvalue weighted by molar-refractivity contribution is 8.07. The summed E-state index contributed by atoms with van der Waals surface area (Å²) in [5.74, 6) is -3.25. The van der Waals surface area contributed by atoms with Crippen LogP contribution in [0.2, 0.25) is 0 Å². The van der Waals surface area contributed by atoms with E-state index in [0.29, 0.717) is 4.91 Å². The van der Waals surface area contributed by atoms with Crippen LogP contribution < -0.4 is 0 Å². The highest BCUT2D eigenvalue weighted by atomic mass is 32.2. The lowest BCUT2D eigenvalue weighted by molar-refractivity contribution is -0.415. The van der Waals surface area contributed by atoms with Gasteiger partial charge in [0, 0.05) is 20.0 Å². The van der Waals surface area contributed by atoms with Gasteiger partial charge in [-0.05, 0) is 20.8 Å². The summed E-state index contributed by atoms with van der Waals surface area (Å²) in [7, 11) is 3.87. The van der Waals surface area contributed by atoms with Crippen LogP contribution in [-0.2, 0) is 38.1 Å². The molecule has 0 aromatic rings. The van der Waals surface area contributed by atoms with Crippen molar-refractivity contribution in [2.75, 3.05) is 27.1 Å². The van der Waals surface area contributed by atoms with E-state index in [0.717, 1.165) is 30.6 Å². The van der Waals surface area contributed by atoms with Gasteiger partial charge >= 0.3 is 11.9 Å². The molecule has 2 rings (SSSR count). The number of rotatable bonds is 5. The first kappa shape index (κ1) is 20.2. The number of hydrogen-bond acceptors (Lipinski definition) is 10. The van der Waals surface area contributed by atoms with E-state index < -0.39 is 27.6 Å². The Hall–Kier alpha value is -1.07. The average Bonchev–Trinajstić information content (AvgIpc) is 2.59. The normalized spacial score (nSPS) is 34.8. The monoisotopic (exact) mass is 392 g/mol. The number of methoxy groups -OCH3 is 3. The maximum absolute atomic E-state index is 12.3. The highest BCUT2D eigenvalue weighted by Crippen LogP contribution is 2.58. The zero-order valence-electron chi connectivity index (χ0n) is 14.8. The summed E-state index contributed by atoms with van der Waals surface area (Å²) in [6.45, 7) is 4.19. The molecular formula is C15H20O8S2. The van der Waals surface area contributed by atoms with Gasteiger partial charge in [-0.15, -0.1) is 11.8 Å². The predicted octanol–water partition coefficient (Wildman–Crippen LogP) is 1.43. The van der Waals surface area contributed by atoms with Crippen LogP contribution in [0.25, 0.3) is 0 Å². The molecule has 140 valence electrons. The smallest absolute Gasteiger partial charge is 0.371 e. The van der Waals surface area contributed by atoms with Gasteiger partial charge in [0.25, 0.3) is 4.93 Å². The fourth-order valence-corrected chi connectivity index (χ4v) is 5.30. The number of allylic oxidation sites excluding steroid dienone is 2. The van der Waals surface area contributed by atoms with E-state index in [1.54, 1.807) is 6.92 Å². The molecule has 0 amide bonds. The lowest BCUT2D eigenvalue weighted by Gasteiger charge is -2.54. The van der Waals surface area contributed by atoms with E-state index in [9.17, 15) is 14.4 Å². The number of esters is 1. The SMILES string of the molecule is COC(=O)C1(C(C)=O)OC2(OC)OC(C)=C(C(C)=O)S[C@@]2(OC)CS1. The van der Waals surface area contributed by atoms with E-state index >= 15 is 0 Å². The highest BCUT2D eigenvalue weighted by Gasteiger charge is 2.71. The molecule has 0 aromatic carbocycles. The van der Waals surface area contributed by atoms with Crippen LogP contribution >= 0.6 is 23.5 Å². The minimum Gasteiger partial charge on any atom is -0.466 e. The van der Waals surface area contributed by atoms with Gasteiger partial charge in [-0.3, -0.25) is 14.3 Å². The van der Waals surface area contributed by atoms with Crippen molar-refractivity contribution in [2.24, 2.45) is 0 Å². The summed E-state index contributed by atoms with van der Waals surface area (Å²) in [6, 6.07) is 0. The Labute approximate surface area is 153 Å². The van der Waals surface area contributed by atoms with Crippen molar-refractivity contribution in [3.05, 3.63) is 10.7 Å². The van der Waals surface area contributed by atoms with Gasteiger partial charge in [0.15, 0.2) is 11.6 Å². The van der Waals surface area contributed by atoms with E-state index in [2.05, 4.69) is 0 Å². The Balaban J connectivity index is 2.60. The van der Waals surface area contributed by atoms with Crippen LogP contribution in [0, 0.1) is 0 Å². The van der Waals surface area contributed by atoms with Gasteiger partial charge in [-0.2, -0.15) is 0 Å². The van der Waals surface area contributed by atoms with Crippen LogP contribution in [-0.4, -0.2) is 60.5 Å². The van der Waals surface area contributed by atoms with Crippen molar-refractivity contribution < 1.29 is 38.1 Å². The van der Waals surface area contributed by atoms with Gasteiger partial charge in [-0.25, -0.2) is 4.79 Å². The molecule has 0 N–H and O–H groups in total. The van der Waals surface area contributed by atoms with Crippen molar-refractivity contribution in [1.29, 1.82) is 0 Å². The van der Waals surface area contributed by atoms with Gasteiger partial charge in [-0.1, -0.05) is 11.8 Å². The Morgan fingerprint density at radius 3 is 2.20 bits per heavy atom. The molecule has 0 saturated carbocycles. The van der Waals surface area contributed by atoms with Gasteiger partial charge in [0.1, 0.15) is 5.76 Å². The first-order valence-corrected chi connectivity index (χ1v) is 9.07. The molecular weight excluding hydrogens is 372 g/mol. The van der Waals surface area contributed by atoms with Crippen LogP contribution in [0.4, 0.5) is 0 Å². The molecule has 0 bridgehead atoms. The molecule has 10 heteroatoms. The number of carbonyl (C=O) groups excluding carboxylic acids is 3. The fraction of sp³-hybridized carbons (Fsp3) is 0.667. The summed E-state index contributed by atoms with van der Waals surface area (Å²) in [5, 5.41) is 0. The summed E-state index contributed by atoms with van der Waals surface area (Å²) in [5.41, 5.74) is 0. The standard InChI is InChI=1S/C15H20O8S2/c1-8(16)11-9(2)22-15(21-6)13(20-5,25-11)7-24-14(23-15,10(3)17)12(18)19-4/h7H2,1-6H3/t13-,14?,15?/m0/s1. The molecule has 0 spiro atoms. The van der Waals surface area contributed by atoms with Crippen molar-refractivity contribution in [2.45, 2.75) is 36.6 Å². The maximum atomic E-state index is 12.3. The molecule has 8 nitrogen and oxygen atoms in total. The van der Waals surface area contributed by atoms with Gasteiger partial charge < -0.3 is 18.9 Å². The lowest BCUT2D eigenvalue weighted by Crippen LogP contribution is -2.70. The van der Waals surface area contributed by atoms with Crippen molar-refractivity contribution >= 4 is 41.1 Å². The molecule has 1 fully saturated rings. The second-order valence-corrected chi connectivity index (χ2v) is 7.84. The Morgan fingerprint density at radius 2 is 1.76 bits per heavy atom. The molecule has 2 heterocycles. The Kier molecular flexibility index (Phi) is 5.60. The number of hydrogen-bond donors (Lipinski definition) is 0. The maximum Gasteiger partial charge on any atom is 0.371 e. The predicted molar refractivity (Wildman–Crippen MR) is 90.5 cm³/mol. The number of thioether (sulfide) groups is 2. The minimum absolute atomic E-state index is 0.0702. The van der Waals surface area contributed by atoms with Crippen LogP contribution in [0.15, 0.2) is 10.7 Å². The van der Waals surface area contributed by atoms with Gasteiger partial charge in [0.2, 0.25) is 4.93 Å². The third-order valence-electron chi connectivity index (χ3n) is 3.92. The summed E-state index contributed by atoms with van der Waals surface area (Å²) in [4.78, 5) is 33.5. The molecule has 0 aliphatic carbocycles. The summed E-state index contributed by atoms with van der Waals surface area (Å²) < 4.78 is 27.4. The second kappa shape index (κ2) is 6.92. The summed E-state index contributed by atoms with van der Waals surface area (Å²) in [6.07, 6.45) is 0. The topological polar surface area (TPSA) is 97.4 Å². The quantitative estimate of drug-likeness (QED) is 0.505. The number of fused-ring (bicyclic) bond motifs is 1. The third-order valence-corrected chi connectivity index (χ3v) is 7.27. The van der Waals surface area contributed by atoms with Crippen LogP contribution in [0.1, 0.15) is 20.8 Å². The van der Waals surface area contributed by atoms with E-state index in [1.807, 2.05) is 0 Å². The zero-order valence-corrected chi connectivity index (χ0v) is 16.4. The largest absolute Gasteiger partial charge is 0.466 e. The molecule has 0 radical (unpaired) electrons. The Morgan fingerprint density at radius 1 is 1.12 bits per heavy atom. The van der Waals surface area contributed by atoms with E-state index in [1.165, 1.54) is 28.1 Å². The zero-order chi connectivity index (χ0) is 19.0. The fourth-order valence-electron chi connectivity index (χ4n) is 2.59. The van der Waals surface area contributed by atoms with E-state index in [-0.39, 0.29) is 17.3 Å². The molecule has 3 atom stereocenters. The minimum atomic E-state index is -1.96. The summed E-state index contributed by atoms with van der Waals surface area (Å²) >= 11 is 1.99. The molecule has 0 aromatic heterocycles. The van der Waals surface area contributed by atoms with E-state index in [4.69, 9.17) is 23.7 Å². The molecule has 2 aliphatic rings. The number of Topliss-reactive ketones (excluding diaryl/α,β-unsaturated/α-hetero) is 2.